The minimum Gasteiger partial charge on any atom is -0.494 e. The monoisotopic (exact) mass is 365 g/mol. The second-order valence-electron chi connectivity index (χ2n) is 6.77. The fraction of sp³-hybridized carbons (Fsp3) is 0.300. The molecule has 0 atom stereocenters. The van der Waals surface area contributed by atoms with Gasteiger partial charge in [0.15, 0.2) is 5.82 Å². The van der Waals surface area contributed by atoms with E-state index < -0.39 is 0 Å². The molecule has 0 unspecified atom stereocenters. The van der Waals surface area contributed by atoms with Crippen LogP contribution in [0.3, 0.4) is 0 Å². The molecule has 0 spiro atoms. The highest BCUT2D eigenvalue weighted by Gasteiger charge is 2.13. The Morgan fingerprint density at radius 2 is 1.93 bits per heavy atom. The first kappa shape index (κ1) is 18.6. The highest BCUT2D eigenvalue weighted by molar-refractivity contribution is 6.04. The minimum absolute atomic E-state index is 0.171. The van der Waals surface area contributed by atoms with Crippen LogP contribution in [0.15, 0.2) is 42.5 Å². The molecule has 0 aliphatic heterocycles. The van der Waals surface area contributed by atoms with Crippen molar-refractivity contribution < 1.29 is 9.53 Å². The molecule has 0 aliphatic rings. The van der Waals surface area contributed by atoms with E-state index in [1.54, 1.807) is 36.9 Å². The normalized spacial score (nSPS) is 10.9. The van der Waals surface area contributed by atoms with E-state index in [1.807, 2.05) is 24.3 Å². The zero-order valence-electron chi connectivity index (χ0n) is 15.9. The number of carbonyl (C=O) groups is 1. The lowest BCUT2D eigenvalue weighted by Crippen LogP contribution is -2.13. The molecule has 1 N–H and O–H groups in total. The van der Waals surface area contributed by atoms with Crippen molar-refractivity contribution in [3.05, 3.63) is 59.4 Å². The second-order valence-corrected chi connectivity index (χ2v) is 6.77. The lowest BCUT2D eigenvalue weighted by molar-refractivity contribution is 0.102. The van der Waals surface area contributed by atoms with Gasteiger partial charge in [-0.15, -0.1) is 5.10 Å². The molecule has 0 radical (unpaired) electrons. The van der Waals surface area contributed by atoms with Crippen LogP contribution in [0.25, 0.3) is 5.69 Å². The van der Waals surface area contributed by atoms with E-state index in [0.29, 0.717) is 34.4 Å². The number of nitrogens with one attached hydrogen (secondary N) is 1. The van der Waals surface area contributed by atoms with Crippen molar-refractivity contribution in [1.29, 1.82) is 0 Å². The molecule has 7 heteroatoms. The van der Waals surface area contributed by atoms with E-state index in [0.717, 1.165) is 6.42 Å². The highest BCUT2D eigenvalue weighted by Crippen LogP contribution is 2.26. The number of anilines is 1. The van der Waals surface area contributed by atoms with Crippen molar-refractivity contribution in [3.63, 3.8) is 0 Å². The smallest absolute Gasteiger partial charge is 0.255 e. The van der Waals surface area contributed by atoms with Crippen LogP contribution in [0.2, 0.25) is 0 Å². The van der Waals surface area contributed by atoms with Gasteiger partial charge in [-0.05, 0) is 65.6 Å². The first-order valence-corrected chi connectivity index (χ1v) is 8.81. The molecule has 7 nitrogen and oxygen atoms in total. The van der Waals surface area contributed by atoms with Gasteiger partial charge in [0.2, 0.25) is 0 Å². The van der Waals surface area contributed by atoms with Gasteiger partial charge in [0.1, 0.15) is 11.4 Å². The number of hydrogen-bond donors (Lipinski definition) is 1. The van der Waals surface area contributed by atoms with Crippen molar-refractivity contribution in [2.24, 2.45) is 5.92 Å². The Balaban J connectivity index is 1.81. The molecule has 140 valence electrons. The standard InChI is InChI=1S/C20H23N5O2/c1-13(2)11-15-5-7-16(8-6-15)20(26)21-17-9-10-19(27-4)18(12-17)25-14(3)22-23-24-25/h5-10,12-13H,11H2,1-4H3,(H,21,26). The van der Waals surface area contributed by atoms with Crippen molar-refractivity contribution >= 4 is 11.6 Å². The quantitative estimate of drug-likeness (QED) is 0.724. The number of methoxy groups -OCH3 is 1. The van der Waals surface area contributed by atoms with Gasteiger partial charge in [-0.2, -0.15) is 4.68 Å². The first-order chi connectivity index (χ1) is 13.0. The summed E-state index contributed by atoms with van der Waals surface area (Å²) in [6.07, 6.45) is 0.995. The van der Waals surface area contributed by atoms with Crippen molar-refractivity contribution in [1.82, 2.24) is 20.2 Å². The molecule has 1 amide bonds. The molecular formula is C20H23N5O2. The number of aryl methyl sites for hydroxylation is 1. The third kappa shape index (κ3) is 4.31. The molecule has 0 aliphatic carbocycles. The predicted molar refractivity (Wildman–Crippen MR) is 103 cm³/mol. The van der Waals surface area contributed by atoms with E-state index in [1.165, 1.54) is 5.56 Å². The molecule has 0 saturated carbocycles. The van der Waals surface area contributed by atoms with Crippen LogP contribution in [-0.4, -0.2) is 33.2 Å². The molecule has 0 bridgehead atoms. The maximum Gasteiger partial charge on any atom is 0.255 e. The van der Waals surface area contributed by atoms with Gasteiger partial charge in [-0.3, -0.25) is 4.79 Å². The van der Waals surface area contributed by atoms with Gasteiger partial charge < -0.3 is 10.1 Å². The van der Waals surface area contributed by atoms with Crippen LogP contribution >= 0.6 is 0 Å². The maximum absolute atomic E-state index is 12.6. The third-order valence-corrected chi connectivity index (χ3v) is 4.15. The number of tetrazole rings is 1. The lowest BCUT2D eigenvalue weighted by atomic mass is 10.0. The first-order valence-electron chi connectivity index (χ1n) is 8.81. The number of amides is 1. The number of ether oxygens (including phenoxy) is 1. The second kappa shape index (κ2) is 7.99. The van der Waals surface area contributed by atoms with E-state index in [9.17, 15) is 4.79 Å². The van der Waals surface area contributed by atoms with Crippen molar-refractivity contribution in [2.45, 2.75) is 27.2 Å². The summed E-state index contributed by atoms with van der Waals surface area (Å²) >= 11 is 0. The van der Waals surface area contributed by atoms with Gasteiger partial charge in [-0.1, -0.05) is 26.0 Å². The number of carbonyl (C=O) groups excluding carboxylic acids is 1. The minimum atomic E-state index is -0.171. The van der Waals surface area contributed by atoms with Gasteiger partial charge in [-0.25, -0.2) is 0 Å². The number of aromatic nitrogens is 4. The number of rotatable bonds is 6. The summed E-state index contributed by atoms with van der Waals surface area (Å²) in [4.78, 5) is 12.6. The zero-order chi connectivity index (χ0) is 19.4. The van der Waals surface area contributed by atoms with E-state index in [-0.39, 0.29) is 5.91 Å². The molecular weight excluding hydrogens is 342 g/mol. The van der Waals surface area contributed by atoms with Crippen molar-refractivity contribution in [2.75, 3.05) is 12.4 Å². The predicted octanol–water partition coefficient (Wildman–Crippen LogP) is 3.43. The van der Waals surface area contributed by atoms with Gasteiger partial charge in [0.25, 0.3) is 5.91 Å². The summed E-state index contributed by atoms with van der Waals surface area (Å²) in [5.41, 5.74) is 3.13. The topological polar surface area (TPSA) is 81.9 Å². The SMILES string of the molecule is COc1ccc(NC(=O)c2ccc(CC(C)C)cc2)cc1-n1nnnc1C. The summed E-state index contributed by atoms with van der Waals surface area (Å²) in [7, 11) is 1.58. The molecule has 1 aromatic heterocycles. The number of hydrogen-bond acceptors (Lipinski definition) is 5. The number of benzene rings is 2. The van der Waals surface area contributed by atoms with E-state index >= 15 is 0 Å². The largest absolute Gasteiger partial charge is 0.494 e. The summed E-state index contributed by atoms with van der Waals surface area (Å²) in [6, 6.07) is 13.0. The van der Waals surface area contributed by atoms with Crippen LogP contribution in [0.1, 0.15) is 35.6 Å². The molecule has 3 rings (SSSR count). The van der Waals surface area contributed by atoms with Crippen molar-refractivity contribution in [3.8, 4) is 11.4 Å². The van der Waals surface area contributed by atoms with Crippen LogP contribution in [0, 0.1) is 12.8 Å². The Labute approximate surface area is 158 Å². The lowest BCUT2D eigenvalue weighted by Gasteiger charge is -2.12. The summed E-state index contributed by atoms with van der Waals surface area (Å²) in [5.74, 6) is 1.65. The molecule has 3 aromatic rings. The average Bonchev–Trinajstić information content (AvgIpc) is 3.07. The fourth-order valence-electron chi connectivity index (χ4n) is 2.85. The van der Waals surface area contributed by atoms with Gasteiger partial charge in [0, 0.05) is 11.3 Å². The van der Waals surface area contributed by atoms with E-state index in [4.69, 9.17) is 4.74 Å². The Morgan fingerprint density at radius 1 is 1.19 bits per heavy atom. The van der Waals surface area contributed by atoms with Gasteiger partial charge >= 0.3 is 0 Å². The molecule has 0 saturated heterocycles. The third-order valence-electron chi connectivity index (χ3n) is 4.15. The summed E-state index contributed by atoms with van der Waals surface area (Å²) < 4.78 is 6.95. The Hall–Kier alpha value is -3.22. The fourth-order valence-corrected chi connectivity index (χ4v) is 2.85. The van der Waals surface area contributed by atoms with Crippen LogP contribution in [0.5, 0.6) is 5.75 Å². The molecule has 1 heterocycles. The van der Waals surface area contributed by atoms with E-state index in [2.05, 4.69) is 34.7 Å². The maximum atomic E-state index is 12.6. The zero-order valence-corrected chi connectivity index (χ0v) is 15.9. The summed E-state index contributed by atoms with van der Waals surface area (Å²) in [5, 5.41) is 14.4. The molecule has 27 heavy (non-hydrogen) atoms. The van der Waals surface area contributed by atoms with Gasteiger partial charge in [0.05, 0.1) is 7.11 Å². The van der Waals surface area contributed by atoms with Crippen LogP contribution in [-0.2, 0) is 6.42 Å². The molecule has 0 fully saturated rings. The van der Waals surface area contributed by atoms with Crippen LogP contribution in [0.4, 0.5) is 5.69 Å². The Morgan fingerprint density at radius 3 is 2.52 bits per heavy atom. The van der Waals surface area contributed by atoms with Crippen LogP contribution < -0.4 is 10.1 Å². The summed E-state index contributed by atoms with van der Waals surface area (Å²) in [6.45, 7) is 6.14. The Bertz CT molecular complexity index is 932. The highest BCUT2D eigenvalue weighted by atomic mass is 16.5. The number of nitrogens with zero attached hydrogens (tertiary/aromatic N) is 4. The molecule has 2 aromatic carbocycles. The average molecular weight is 365 g/mol. The Kier molecular flexibility index (Phi) is 5.49.